The number of imide groups is 1. The van der Waals surface area contributed by atoms with E-state index in [4.69, 9.17) is 9.16 Å². The van der Waals surface area contributed by atoms with Gasteiger partial charge in [-0.15, -0.1) is 11.3 Å². The van der Waals surface area contributed by atoms with E-state index in [9.17, 15) is 14.7 Å². The maximum Gasteiger partial charge on any atom is 0.261 e. The van der Waals surface area contributed by atoms with E-state index >= 15 is 0 Å². The van der Waals surface area contributed by atoms with Gasteiger partial charge in [0.1, 0.15) is 5.75 Å². The number of fused-ring (bicyclic) bond motifs is 4. The molecule has 2 fully saturated rings. The van der Waals surface area contributed by atoms with E-state index in [0.29, 0.717) is 26.2 Å². The second-order valence-corrected chi connectivity index (χ2v) is 21.7. The van der Waals surface area contributed by atoms with Gasteiger partial charge in [0.2, 0.25) is 11.8 Å². The van der Waals surface area contributed by atoms with E-state index in [-0.39, 0.29) is 34.6 Å². The fourth-order valence-electron chi connectivity index (χ4n) is 9.47. The summed E-state index contributed by atoms with van der Waals surface area (Å²) in [4.78, 5) is 30.9. The van der Waals surface area contributed by atoms with Gasteiger partial charge in [-0.25, -0.2) is 0 Å². The number of phenolic OH excluding ortho intramolecular Hbond substituents is 1. The van der Waals surface area contributed by atoms with Gasteiger partial charge in [-0.3, -0.25) is 14.5 Å². The predicted octanol–water partition coefficient (Wildman–Crippen LogP) is 8.88. The number of likely N-dealkylation sites (tertiary alicyclic amines) is 1. The Morgan fingerprint density at radius 3 is 2.20 bits per heavy atom. The Morgan fingerprint density at radius 1 is 0.873 bits per heavy atom. The van der Waals surface area contributed by atoms with Crippen LogP contribution in [-0.4, -0.2) is 49.5 Å². The minimum atomic E-state index is -2.89. The first-order valence-corrected chi connectivity index (χ1v) is 22.2. The van der Waals surface area contributed by atoms with E-state index in [2.05, 4.69) is 94.4 Å². The molecule has 8 heteroatoms. The number of amides is 2. The van der Waals surface area contributed by atoms with Gasteiger partial charge in [0, 0.05) is 16.2 Å². The lowest BCUT2D eigenvalue weighted by Crippen LogP contribution is -2.66. The molecule has 2 amide bonds. The highest BCUT2D eigenvalue weighted by Gasteiger charge is 2.58. The third kappa shape index (κ3) is 6.84. The molecule has 5 aromatic rings. The molecular weight excluding hydrogens is 719 g/mol. The van der Waals surface area contributed by atoms with Gasteiger partial charge in [0.15, 0.2) is 0 Å². The molecule has 2 saturated heterocycles. The van der Waals surface area contributed by atoms with Crippen LogP contribution in [0, 0.1) is 17.8 Å². The van der Waals surface area contributed by atoms with E-state index in [1.807, 2.05) is 47.8 Å². The molecule has 3 heterocycles. The highest BCUT2D eigenvalue weighted by Crippen LogP contribution is 2.51. The maximum absolute atomic E-state index is 14.2. The largest absolute Gasteiger partial charge is 0.507 e. The van der Waals surface area contributed by atoms with Crippen molar-refractivity contribution in [3.63, 3.8) is 0 Å². The van der Waals surface area contributed by atoms with E-state index in [1.165, 1.54) is 26.4 Å². The van der Waals surface area contributed by atoms with Crippen molar-refractivity contribution in [3.05, 3.63) is 142 Å². The van der Waals surface area contributed by atoms with Crippen LogP contribution in [0.2, 0.25) is 5.04 Å². The molecule has 0 unspecified atom stereocenters. The zero-order chi connectivity index (χ0) is 38.3. The lowest BCUT2D eigenvalue weighted by Gasteiger charge is -2.44. The van der Waals surface area contributed by atoms with Gasteiger partial charge in [0.25, 0.3) is 8.32 Å². The molecule has 1 aromatic heterocycles. The number of carbonyl (C=O) groups excluding carboxylic acids is 2. The van der Waals surface area contributed by atoms with Gasteiger partial charge < -0.3 is 14.3 Å². The summed E-state index contributed by atoms with van der Waals surface area (Å²) in [7, 11) is -2.89. The molecule has 55 heavy (non-hydrogen) atoms. The van der Waals surface area contributed by atoms with Crippen LogP contribution in [0.15, 0.2) is 131 Å². The number of allylic oxidation sites excluding steroid dienone is 1. The summed E-state index contributed by atoms with van der Waals surface area (Å²) in [5, 5.41) is 16.5. The second kappa shape index (κ2) is 15.1. The first kappa shape index (κ1) is 37.3. The summed E-state index contributed by atoms with van der Waals surface area (Å²) in [5.41, 5.74) is 4.56. The van der Waals surface area contributed by atoms with Crippen molar-refractivity contribution in [3.8, 4) is 5.75 Å². The fourth-order valence-corrected chi connectivity index (χ4v) is 14.7. The quantitative estimate of drug-likeness (QED) is 0.0826. The minimum absolute atomic E-state index is 0.0719. The normalized spacial score (nSPS) is 21.7. The van der Waals surface area contributed by atoms with Crippen LogP contribution in [0.1, 0.15) is 57.4 Å². The SMILES string of the molecule is C/C(=C\c1ccc(O)c2ccccc12)CC[C@H]1OC[C@H]2C1=C(CO[Si](c1ccccc1)(c1ccccc1)C(C)(C)C)C[C@H]1C(=O)N(Cc3cccs3)C(=O)[C@H]12. The number of aromatic hydroxyl groups is 1. The molecule has 0 spiro atoms. The highest BCUT2D eigenvalue weighted by molar-refractivity contribution is 7.09. The molecule has 1 N–H and O–H groups in total. The van der Waals surface area contributed by atoms with E-state index in [1.54, 1.807) is 17.4 Å². The Morgan fingerprint density at radius 2 is 1.55 bits per heavy atom. The first-order valence-electron chi connectivity index (χ1n) is 19.4. The van der Waals surface area contributed by atoms with E-state index in [0.717, 1.165) is 39.6 Å². The van der Waals surface area contributed by atoms with Crippen LogP contribution in [-0.2, 0) is 25.3 Å². The lowest BCUT2D eigenvalue weighted by atomic mass is 9.69. The molecule has 2 aliphatic heterocycles. The summed E-state index contributed by atoms with van der Waals surface area (Å²) in [6.45, 7) is 10.1. The molecule has 6 nitrogen and oxygen atoms in total. The zero-order valence-electron chi connectivity index (χ0n) is 32.0. The Hall–Kier alpha value is -4.60. The average Bonchev–Trinajstić information content (AvgIpc) is 3.92. The van der Waals surface area contributed by atoms with Crippen molar-refractivity contribution >= 4 is 58.7 Å². The van der Waals surface area contributed by atoms with E-state index < -0.39 is 20.2 Å². The first-order chi connectivity index (χ1) is 26.6. The molecule has 4 aromatic carbocycles. The van der Waals surface area contributed by atoms with Crippen LogP contribution in [0.4, 0.5) is 0 Å². The topological polar surface area (TPSA) is 76.1 Å². The molecule has 0 radical (unpaired) electrons. The number of hydrogen-bond acceptors (Lipinski definition) is 6. The third-order valence-corrected chi connectivity index (χ3v) is 17.9. The van der Waals surface area contributed by atoms with Gasteiger partial charge in [-0.2, -0.15) is 0 Å². The number of nitrogens with zero attached hydrogens (tertiary/aromatic N) is 1. The molecule has 4 atom stereocenters. The van der Waals surface area contributed by atoms with Crippen LogP contribution in [0.5, 0.6) is 5.75 Å². The second-order valence-electron chi connectivity index (χ2n) is 16.4. The van der Waals surface area contributed by atoms with Crippen LogP contribution in [0.3, 0.4) is 0 Å². The zero-order valence-corrected chi connectivity index (χ0v) is 33.9. The number of carbonyl (C=O) groups is 2. The standard InChI is InChI=1S/C47H49NO5SSi/c1-31(26-32-22-23-41(49)38-20-12-11-19-37(32)38)21-24-42-43-33(27-39-44(40(43)30-52-42)46(51)48(45(39)50)28-34-14-13-25-54-34)29-53-55(47(2,3)4,35-15-7-5-8-16-35)36-17-9-6-10-18-36/h5-20,22-23,25-26,39-40,42,44,49H,21,24,27-30H2,1-4H3/b31-26+/t39-,40+,42-,44-/m1/s1. The molecule has 0 saturated carbocycles. The van der Waals surface area contributed by atoms with Crippen molar-refractivity contribution in [1.29, 1.82) is 0 Å². The Labute approximate surface area is 329 Å². The average molecular weight is 768 g/mol. The summed E-state index contributed by atoms with van der Waals surface area (Å²) in [6, 6.07) is 36.9. The Balaban J connectivity index is 1.15. The molecule has 8 rings (SSSR count). The molecule has 282 valence electrons. The fraction of sp³-hybridized carbons (Fsp3) is 0.319. The number of rotatable bonds is 11. The predicted molar refractivity (Wildman–Crippen MR) is 224 cm³/mol. The van der Waals surface area contributed by atoms with Crippen LogP contribution >= 0.6 is 11.3 Å². The monoisotopic (exact) mass is 767 g/mol. The maximum atomic E-state index is 14.2. The van der Waals surface area contributed by atoms with Crippen molar-refractivity contribution in [2.45, 2.75) is 64.6 Å². The number of benzene rings is 4. The Bertz CT molecular complexity index is 2220. The van der Waals surface area contributed by atoms with Gasteiger partial charge in [-0.05, 0) is 81.2 Å². The highest BCUT2D eigenvalue weighted by atomic mass is 32.1. The minimum Gasteiger partial charge on any atom is -0.507 e. The van der Waals surface area contributed by atoms with Crippen LogP contribution < -0.4 is 10.4 Å². The summed E-state index contributed by atoms with van der Waals surface area (Å²) in [5.74, 6) is -0.891. The number of thiophene rings is 1. The Kier molecular flexibility index (Phi) is 10.3. The summed E-state index contributed by atoms with van der Waals surface area (Å²) in [6.07, 6.45) is 4.07. The number of phenols is 1. The lowest BCUT2D eigenvalue weighted by molar-refractivity contribution is -0.140. The molecule has 0 bridgehead atoms. The molecule has 1 aliphatic carbocycles. The van der Waals surface area contributed by atoms with Crippen molar-refractivity contribution < 1.29 is 23.9 Å². The van der Waals surface area contributed by atoms with Gasteiger partial charge in [0.05, 0.1) is 37.7 Å². The van der Waals surface area contributed by atoms with Gasteiger partial charge in [-0.1, -0.05) is 129 Å². The van der Waals surface area contributed by atoms with Crippen molar-refractivity contribution in [2.24, 2.45) is 17.8 Å². The van der Waals surface area contributed by atoms with Crippen molar-refractivity contribution in [2.75, 3.05) is 13.2 Å². The molecular formula is C47H49NO5SSi. The number of hydrogen-bond donors (Lipinski definition) is 1. The summed E-state index contributed by atoms with van der Waals surface area (Å²) < 4.78 is 14.2. The van der Waals surface area contributed by atoms with Gasteiger partial charge >= 0.3 is 0 Å². The van der Waals surface area contributed by atoms with Crippen LogP contribution in [0.25, 0.3) is 16.8 Å². The molecule has 3 aliphatic rings. The summed E-state index contributed by atoms with van der Waals surface area (Å²) >= 11 is 1.57. The number of ether oxygens (including phenoxy) is 1. The smallest absolute Gasteiger partial charge is 0.261 e. The van der Waals surface area contributed by atoms with Crippen molar-refractivity contribution in [1.82, 2.24) is 4.90 Å². The third-order valence-electron chi connectivity index (χ3n) is 12.0.